The van der Waals surface area contributed by atoms with Gasteiger partial charge in [-0.1, -0.05) is 23.7 Å². The van der Waals surface area contributed by atoms with Crippen molar-refractivity contribution in [1.82, 2.24) is 5.32 Å². The van der Waals surface area contributed by atoms with Crippen LogP contribution in [0.2, 0.25) is 5.02 Å². The Morgan fingerprint density at radius 2 is 1.87 bits per heavy atom. The summed E-state index contributed by atoms with van der Waals surface area (Å²) >= 11 is 6.84. The summed E-state index contributed by atoms with van der Waals surface area (Å²) < 4.78 is 26.0. The molecule has 0 unspecified atom stereocenters. The molecule has 3 nitrogen and oxygen atoms in total. The Morgan fingerprint density at radius 1 is 1.13 bits per heavy atom. The number of benzene rings is 2. The second-order valence-electron chi connectivity index (χ2n) is 4.63. The largest absolute Gasteiger partial charge is 0.300 e. The second-order valence-corrected chi connectivity index (χ2v) is 6.07. The summed E-state index contributed by atoms with van der Waals surface area (Å²) in [6.45, 7) is 0. The number of aliphatic imine (C=N–C) groups is 1. The van der Waals surface area contributed by atoms with Crippen molar-refractivity contribution in [1.29, 1.82) is 0 Å². The lowest BCUT2D eigenvalue weighted by Gasteiger charge is -1.98. The summed E-state index contributed by atoms with van der Waals surface area (Å²) in [6.07, 6.45) is 1.64. The zero-order valence-electron chi connectivity index (χ0n) is 11.5. The Balaban J connectivity index is 1.82. The number of hydrogen-bond donors (Lipinski definition) is 1. The van der Waals surface area contributed by atoms with Gasteiger partial charge in [-0.15, -0.1) is 0 Å². The Labute approximate surface area is 140 Å². The van der Waals surface area contributed by atoms with Crippen LogP contribution in [0.4, 0.5) is 14.5 Å². The van der Waals surface area contributed by atoms with Gasteiger partial charge in [0.05, 0.1) is 15.6 Å². The first-order valence-electron chi connectivity index (χ1n) is 6.51. The first-order chi connectivity index (χ1) is 11.0. The molecule has 0 atom stereocenters. The molecule has 1 saturated heterocycles. The number of rotatable bonds is 2. The Morgan fingerprint density at radius 3 is 2.57 bits per heavy atom. The quantitative estimate of drug-likeness (QED) is 0.810. The lowest BCUT2D eigenvalue weighted by atomic mass is 10.2. The van der Waals surface area contributed by atoms with Gasteiger partial charge in [0.15, 0.2) is 5.17 Å². The van der Waals surface area contributed by atoms with Crippen molar-refractivity contribution in [2.45, 2.75) is 0 Å². The molecule has 0 aliphatic carbocycles. The van der Waals surface area contributed by atoms with E-state index in [1.54, 1.807) is 18.2 Å². The molecule has 1 aliphatic rings. The molecule has 0 spiro atoms. The number of amides is 1. The van der Waals surface area contributed by atoms with Gasteiger partial charge >= 0.3 is 0 Å². The van der Waals surface area contributed by atoms with Crippen molar-refractivity contribution in [2.75, 3.05) is 0 Å². The number of carbonyl (C=O) groups is 1. The van der Waals surface area contributed by atoms with E-state index in [1.807, 2.05) is 0 Å². The van der Waals surface area contributed by atoms with Gasteiger partial charge in [-0.25, -0.2) is 13.8 Å². The highest BCUT2D eigenvalue weighted by Crippen LogP contribution is 2.29. The summed E-state index contributed by atoms with van der Waals surface area (Å²) in [7, 11) is 0. The minimum absolute atomic E-state index is 0.0387. The third kappa shape index (κ3) is 3.78. The average Bonchev–Trinajstić information content (AvgIpc) is 2.85. The number of carbonyl (C=O) groups excluding carboxylic acids is 1. The van der Waals surface area contributed by atoms with E-state index in [2.05, 4.69) is 10.3 Å². The molecule has 7 heteroatoms. The minimum atomic E-state index is -0.532. The number of nitrogens with one attached hydrogen (secondary N) is 1. The van der Waals surface area contributed by atoms with Crippen molar-refractivity contribution < 1.29 is 13.6 Å². The molecule has 0 radical (unpaired) electrons. The number of nitrogens with zero attached hydrogens (tertiary/aromatic N) is 1. The number of amidine groups is 1. The lowest BCUT2D eigenvalue weighted by Crippen LogP contribution is -2.19. The highest BCUT2D eigenvalue weighted by atomic mass is 35.5. The lowest BCUT2D eigenvalue weighted by molar-refractivity contribution is -0.115. The third-order valence-corrected chi connectivity index (χ3v) is 4.15. The predicted molar refractivity (Wildman–Crippen MR) is 88.6 cm³/mol. The molecule has 2 aromatic carbocycles. The van der Waals surface area contributed by atoms with E-state index >= 15 is 0 Å². The Hall–Kier alpha value is -2.18. The molecule has 1 heterocycles. The molecular formula is C16H9ClF2N2OS. The van der Waals surface area contributed by atoms with E-state index < -0.39 is 5.82 Å². The van der Waals surface area contributed by atoms with Crippen molar-refractivity contribution >= 4 is 46.2 Å². The van der Waals surface area contributed by atoms with Gasteiger partial charge in [-0.05, 0) is 53.7 Å². The van der Waals surface area contributed by atoms with Gasteiger partial charge in [-0.3, -0.25) is 4.79 Å². The van der Waals surface area contributed by atoms with E-state index in [0.29, 0.717) is 21.3 Å². The topological polar surface area (TPSA) is 41.5 Å². The molecule has 23 heavy (non-hydrogen) atoms. The number of thioether (sulfide) groups is 1. The van der Waals surface area contributed by atoms with Gasteiger partial charge in [0, 0.05) is 0 Å². The molecule has 1 amide bonds. The number of hydrogen-bond acceptors (Lipinski definition) is 3. The van der Waals surface area contributed by atoms with E-state index in [0.717, 1.165) is 11.8 Å². The average molecular weight is 351 g/mol. The zero-order valence-corrected chi connectivity index (χ0v) is 13.1. The molecule has 116 valence electrons. The van der Waals surface area contributed by atoms with Crippen LogP contribution in [0, 0.1) is 11.6 Å². The first-order valence-corrected chi connectivity index (χ1v) is 7.71. The highest BCUT2D eigenvalue weighted by molar-refractivity contribution is 8.18. The van der Waals surface area contributed by atoms with Crippen LogP contribution in [-0.4, -0.2) is 11.1 Å². The summed E-state index contributed by atoms with van der Waals surface area (Å²) in [5, 5.41) is 2.94. The maximum Gasteiger partial charge on any atom is 0.264 e. The maximum absolute atomic E-state index is 13.1. The van der Waals surface area contributed by atoms with Crippen LogP contribution in [-0.2, 0) is 4.79 Å². The summed E-state index contributed by atoms with van der Waals surface area (Å²) in [5.41, 5.74) is 1.14. The molecule has 0 bridgehead atoms. The fraction of sp³-hybridized carbons (Fsp3) is 0. The van der Waals surface area contributed by atoms with Crippen LogP contribution in [0.15, 0.2) is 52.4 Å². The van der Waals surface area contributed by atoms with Gasteiger partial charge in [-0.2, -0.15) is 0 Å². The minimum Gasteiger partial charge on any atom is -0.300 e. The van der Waals surface area contributed by atoms with Crippen LogP contribution in [0.3, 0.4) is 0 Å². The summed E-state index contributed by atoms with van der Waals surface area (Å²) in [4.78, 5) is 16.6. The second kappa shape index (κ2) is 6.52. The van der Waals surface area contributed by atoms with E-state index in [4.69, 9.17) is 11.6 Å². The molecule has 2 aromatic rings. The normalized spacial score (nSPS) is 17.8. The number of halogens is 3. The molecule has 0 aromatic heterocycles. The van der Waals surface area contributed by atoms with Gasteiger partial charge in [0.1, 0.15) is 11.6 Å². The maximum atomic E-state index is 13.1. The van der Waals surface area contributed by atoms with E-state index in [-0.39, 0.29) is 16.7 Å². The van der Waals surface area contributed by atoms with Crippen molar-refractivity contribution in [3.8, 4) is 0 Å². The van der Waals surface area contributed by atoms with E-state index in [9.17, 15) is 13.6 Å². The molecule has 1 fully saturated rings. The van der Waals surface area contributed by atoms with Crippen LogP contribution in [0.1, 0.15) is 5.56 Å². The molecule has 3 rings (SSSR count). The van der Waals surface area contributed by atoms with Crippen LogP contribution in [0.5, 0.6) is 0 Å². The monoisotopic (exact) mass is 350 g/mol. The molecular weight excluding hydrogens is 342 g/mol. The van der Waals surface area contributed by atoms with E-state index in [1.165, 1.54) is 30.3 Å². The molecule has 1 aliphatic heterocycles. The van der Waals surface area contributed by atoms with Gasteiger partial charge in [0.2, 0.25) is 0 Å². The standard InChI is InChI=1S/C16H9ClF2N2OS/c17-12-8-11(5-6-13(12)19)20-16-21-15(22)14(23-16)7-9-1-3-10(18)4-2-9/h1-8H,(H,20,21,22)/b14-7-. The van der Waals surface area contributed by atoms with Crippen LogP contribution in [0.25, 0.3) is 6.08 Å². The van der Waals surface area contributed by atoms with Gasteiger partial charge < -0.3 is 5.32 Å². The first kappa shape index (κ1) is 15.7. The van der Waals surface area contributed by atoms with Crippen molar-refractivity contribution in [3.05, 3.63) is 69.6 Å². The predicted octanol–water partition coefficient (Wildman–Crippen LogP) is 4.51. The van der Waals surface area contributed by atoms with Crippen molar-refractivity contribution in [2.24, 2.45) is 4.99 Å². The van der Waals surface area contributed by atoms with Crippen molar-refractivity contribution in [3.63, 3.8) is 0 Å². The fourth-order valence-corrected chi connectivity index (χ4v) is 2.88. The SMILES string of the molecule is O=C1NC(=Nc2ccc(F)c(Cl)c2)S/C1=C\c1ccc(F)cc1. The van der Waals surface area contributed by atoms with Crippen LogP contribution >= 0.6 is 23.4 Å². The fourth-order valence-electron chi connectivity index (χ4n) is 1.86. The zero-order chi connectivity index (χ0) is 16.4. The third-order valence-electron chi connectivity index (χ3n) is 2.95. The summed E-state index contributed by atoms with van der Waals surface area (Å²) in [6, 6.07) is 9.83. The smallest absolute Gasteiger partial charge is 0.264 e. The summed E-state index contributed by atoms with van der Waals surface area (Å²) in [5.74, 6) is -1.17. The molecule has 1 N–H and O–H groups in total. The van der Waals surface area contributed by atoms with Crippen LogP contribution < -0.4 is 5.32 Å². The molecule has 0 saturated carbocycles. The highest BCUT2D eigenvalue weighted by Gasteiger charge is 2.23. The van der Waals surface area contributed by atoms with Gasteiger partial charge in [0.25, 0.3) is 5.91 Å². The Kier molecular flexibility index (Phi) is 4.45. The Bertz CT molecular complexity index is 834.